The monoisotopic (exact) mass is 357 g/mol. The van der Waals surface area contributed by atoms with Crippen molar-refractivity contribution in [3.8, 4) is 11.4 Å². The Bertz CT molecular complexity index is 785. The van der Waals surface area contributed by atoms with Gasteiger partial charge in [-0.15, -0.1) is 0 Å². The molecule has 3 rings (SSSR count). The molecule has 0 saturated carbocycles. The van der Waals surface area contributed by atoms with Crippen LogP contribution >= 0.6 is 0 Å². The van der Waals surface area contributed by atoms with Crippen LogP contribution in [-0.2, 0) is 11.2 Å². The van der Waals surface area contributed by atoms with Gasteiger partial charge in [0.2, 0.25) is 0 Å². The zero-order chi connectivity index (χ0) is 18.6. The Morgan fingerprint density at radius 2 is 2.23 bits per heavy atom. The molecule has 1 aliphatic heterocycles. The predicted molar refractivity (Wildman–Crippen MR) is 102 cm³/mol. The van der Waals surface area contributed by atoms with Crippen molar-refractivity contribution in [1.82, 2.24) is 19.9 Å². The van der Waals surface area contributed by atoms with Crippen molar-refractivity contribution in [2.75, 3.05) is 38.2 Å². The molecule has 7 nitrogen and oxygen atoms in total. The van der Waals surface area contributed by atoms with E-state index in [0.717, 1.165) is 56.3 Å². The summed E-state index contributed by atoms with van der Waals surface area (Å²) < 4.78 is 5.55. The molecule has 0 unspecified atom stereocenters. The quantitative estimate of drug-likeness (QED) is 0.822. The minimum absolute atomic E-state index is 0.0685. The van der Waals surface area contributed by atoms with Gasteiger partial charge >= 0.3 is 0 Å². The topological polar surface area (TPSA) is 83.1 Å². The third-order valence-corrected chi connectivity index (χ3v) is 4.70. The molecule has 0 aliphatic carbocycles. The molecule has 2 aromatic rings. The van der Waals surface area contributed by atoms with Crippen LogP contribution in [0.2, 0.25) is 0 Å². The summed E-state index contributed by atoms with van der Waals surface area (Å²) in [6.07, 6.45) is 2.46. The third kappa shape index (κ3) is 4.47. The van der Waals surface area contributed by atoms with Crippen molar-refractivity contribution in [2.45, 2.75) is 32.7 Å². The van der Waals surface area contributed by atoms with Crippen LogP contribution in [0.4, 0.5) is 5.82 Å². The van der Waals surface area contributed by atoms with Gasteiger partial charge in [-0.25, -0.2) is 9.97 Å². The second-order valence-electron chi connectivity index (χ2n) is 7.15. The maximum absolute atomic E-state index is 11.7. The zero-order valence-corrected chi connectivity index (χ0v) is 15.7. The van der Waals surface area contributed by atoms with Crippen molar-refractivity contribution >= 4 is 5.82 Å². The Hall–Kier alpha value is -2.25. The number of rotatable bonds is 6. The SMILES string of the molecule is CCc1cc(=O)[nH]c(-c2ccc(NCCN3CCOCC3(C)C)nc2)n1. The second kappa shape index (κ2) is 7.97. The number of nitrogens with zero attached hydrogens (tertiary/aromatic N) is 3. The highest BCUT2D eigenvalue weighted by molar-refractivity contribution is 5.55. The third-order valence-electron chi connectivity index (χ3n) is 4.70. The van der Waals surface area contributed by atoms with Crippen LogP contribution in [0, 0.1) is 0 Å². The van der Waals surface area contributed by atoms with E-state index in [-0.39, 0.29) is 11.1 Å². The van der Waals surface area contributed by atoms with Gasteiger partial charge in [-0.1, -0.05) is 6.92 Å². The van der Waals surface area contributed by atoms with Crippen molar-refractivity contribution in [2.24, 2.45) is 0 Å². The molecule has 1 saturated heterocycles. The van der Waals surface area contributed by atoms with Gasteiger partial charge in [0.15, 0.2) is 0 Å². The van der Waals surface area contributed by atoms with Crippen LogP contribution in [0.3, 0.4) is 0 Å². The highest BCUT2D eigenvalue weighted by Crippen LogP contribution is 2.18. The van der Waals surface area contributed by atoms with Crippen LogP contribution in [0.15, 0.2) is 29.2 Å². The van der Waals surface area contributed by atoms with Crippen molar-refractivity contribution in [1.29, 1.82) is 0 Å². The molecular weight excluding hydrogens is 330 g/mol. The van der Waals surface area contributed by atoms with E-state index in [4.69, 9.17) is 4.74 Å². The molecular formula is C19H27N5O2. The number of hydrogen-bond donors (Lipinski definition) is 2. The fourth-order valence-corrected chi connectivity index (χ4v) is 3.09. The van der Waals surface area contributed by atoms with Gasteiger partial charge in [0.05, 0.1) is 13.2 Å². The number of pyridine rings is 1. The Balaban J connectivity index is 1.60. The lowest BCUT2D eigenvalue weighted by Crippen LogP contribution is -2.54. The highest BCUT2D eigenvalue weighted by atomic mass is 16.5. The molecule has 7 heteroatoms. The van der Waals surface area contributed by atoms with Crippen LogP contribution < -0.4 is 10.9 Å². The molecule has 1 fully saturated rings. The standard InChI is InChI=1S/C19H27N5O2/c1-4-15-11-17(25)23-18(22-15)14-5-6-16(21-12-14)20-7-8-24-9-10-26-13-19(24,2)3/h5-6,11-12H,4,7-10,13H2,1-3H3,(H,20,21)(H,22,23,25). The first-order valence-corrected chi connectivity index (χ1v) is 9.11. The van der Waals surface area contributed by atoms with E-state index in [0.29, 0.717) is 5.82 Å². The summed E-state index contributed by atoms with van der Waals surface area (Å²) >= 11 is 0. The van der Waals surface area contributed by atoms with Gasteiger partial charge in [-0.05, 0) is 32.4 Å². The van der Waals surface area contributed by atoms with E-state index < -0.39 is 0 Å². The number of aromatic nitrogens is 3. The normalized spacial score (nSPS) is 17.2. The Morgan fingerprint density at radius 3 is 2.92 bits per heavy atom. The first-order valence-electron chi connectivity index (χ1n) is 9.11. The van der Waals surface area contributed by atoms with Gasteiger partial charge < -0.3 is 15.0 Å². The summed E-state index contributed by atoms with van der Waals surface area (Å²) in [6, 6.07) is 5.37. The summed E-state index contributed by atoms with van der Waals surface area (Å²) in [5.41, 5.74) is 1.51. The van der Waals surface area contributed by atoms with Crippen molar-refractivity contribution in [3.63, 3.8) is 0 Å². The van der Waals surface area contributed by atoms with Crippen LogP contribution in [0.25, 0.3) is 11.4 Å². The number of hydrogen-bond acceptors (Lipinski definition) is 6. The number of aryl methyl sites for hydroxylation is 1. The van der Waals surface area contributed by atoms with Crippen molar-refractivity contribution in [3.05, 3.63) is 40.4 Å². The van der Waals surface area contributed by atoms with E-state index in [1.165, 1.54) is 6.07 Å². The lowest BCUT2D eigenvalue weighted by Gasteiger charge is -2.42. The van der Waals surface area contributed by atoms with E-state index in [2.05, 4.69) is 39.0 Å². The molecule has 0 radical (unpaired) electrons. The minimum atomic E-state index is -0.137. The molecule has 0 bridgehead atoms. The van der Waals surface area contributed by atoms with Crippen LogP contribution in [-0.4, -0.2) is 58.2 Å². The Kier molecular flexibility index (Phi) is 5.68. The van der Waals surface area contributed by atoms with Crippen LogP contribution in [0.1, 0.15) is 26.5 Å². The smallest absolute Gasteiger partial charge is 0.251 e. The van der Waals surface area contributed by atoms with Crippen LogP contribution in [0.5, 0.6) is 0 Å². The van der Waals surface area contributed by atoms with Gasteiger partial charge in [0.1, 0.15) is 11.6 Å². The predicted octanol–water partition coefficient (Wildman–Crippen LogP) is 1.92. The largest absolute Gasteiger partial charge is 0.378 e. The summed E-state index contributed by atoms with van der Waals surface area (Å²) in [5.74, 6) is 1.37. The molecule has 0 aromatic carbocycles. The average molecular weight is 357 g/mol. The maximum Gasteiger partial charge on any atom is 0.251 e. The summed E-state index contributed by atoms with van der Waals surface area (Å²) in [7, 11) is 0. The van der Waals surface area contributed by atoms with Gasteiger partial charge in [-0.3, -0.25) is 9.69 Å². The summed E-state index contributed by atoms with van der Waals surface area (Å²) in [5, 5.41) is 3.36. The summed E-state index contributed by atoms with van der Waals surface area (Å²) in [4.78, 5) is 25.8. The Morgan fingerprint density at radius 1 is 1.38 bits per heavy atom. The molecule has 2 aromatic heterocycles. The minimum Gasteiger partial charge on any atom is -0.378 e. The number of morpholine rings is 1. The molecule has 0 spiro atoms. The number of nitrogens with one attached hydrogen (secondary N) is 2. The molecule has 140 valence electrons. The lowest BCUT2D eigenvalue weighted by molar-refractivity contribution is -0.0487. The first kappa shape index (κ1) is 18.5. The van der Waals surface area contributed by atoms with Gasteiger partial charge in [0.25, 0.3) is 5.56 Å². The fourth-order valence-electron chi connectivity index (χ4n) is 3.09. The summed E-state index contributed by atoms with van der Waals surface area (Å²) in [6.45, 7) is 10.7. The number of anilines is 1. The second-order valence-corrected chi connectivity index (χ2v) is 7.15. The highest BCUT2D eigenvalue weighted by Gasteiger charge is 2.29. The maximum atomic E-state index is 11.7. The zero-order valence-electron chi connectivity index (χ0n) is 15.7. The van der Waals surface area contributed by atoms with Gasteiger partial charge in [0, 0.05) is 48.7 Å². The molecule has 26 heavy (non-hydrogen) atoms. The molecule has 3 heterocycles. The van der Waals surface area contributed by atoms with E-state index >= 15 is 0 Å². The molecule has 0 amide bonds. The Labute approximate surface area is 153 Å². The number of H-pyrrole nitrogens is 1. The molecule has 1 aliphatic rings. The van der Waals surface area contributed by atoms with Gasteiger partial charge in [-0.2, -0.15) is 0 Å². The number of aromatic amines is 1. The van der Waals surface area contributed by atoms with Crippen molar-refractivity contribution < 1.29 is 4.74 Å². The molecule has 2 N–H and O–H groups in total. The molecule has 0 atom stereocenters. The average Bonchev–Trinajstić information content (AvgIpc) is 2.63. The first-order chi connectivity index (χ1) is 12.5. The lowest BCUT2D eigenvalue weighted by atomic mass is 10.0. The van der Waals surface area contributed by atoms with E-state index in [9.17, 15) is 4.79 Å². The van der Waals surface area contributed by atoms with E-state index in [1.54, 1.807) is 6.20 Å². The fraction of sp³-hybridized carbons (Fsp3) is 0.526. The number of ether oxygens (including phenoxy) is 1. The van der Waals surface area contributed by atoms with E-state index in [1.807, 2.05) is 19.1 Å².